The Morgan fingerprint density at radius 3 is 2.71 bits per heavy atom. The van der Waals surface area contributed by atoms with Gasteiger partial charge in [-0.05, 0) is 12.0 Å². The van der Waals surface area contributed by atoms with Crippen LogP contribution in [-0.4, -0.2) is 33.9 Å². The number of hydrogen-bond donors (Lipinski definition) is 2. The first kappa shape index (κ1) is 14.2. The first-order valence-corrected chi connectivity index (χ1v) is 5.82. The van der Waals surface area contributed by atoms with E-state index in [-0.39, 0.29) is 28.3 Å². The molecule has 1 amide bonds. The smallest absolute Gasteiger partial charge is 0.254 e. The topological polar surface area (TPSA) is 75.1 Å². The van der Waals surface area contributed by atoms with Crippen LogP contribution in [0.1, 0.15) is 24.2 Å². The third kappa shape index (κ3) is 4.11. The van der Waals surface area contributed by atoms with E-state index < -0.39 is 12.0 Å². The predicted molar refractivity (Wildman–Crippen MR) is 65.2 cm³/mol. The van der Waals surface area contributed by atoms with E-state index in [1.54, 1.807) is 0 Å². The number of nitrogens with zero attached hydrogens (tertiary/aromatic N) is 2. The van der Waals surface area contributed by atoms with Crippen LogP contribution in [0, 0.1) is 5.92 Å². The fourth-order valence-corrected chi connectivity index (χ4v) is 1.37. The molecule has 94 valence electrons. The fourth-order valence-electron chi connectivity index (χ4n) is 1.04. The third-order valence-electron chi connectivity index (χ3n) is 2.20. The van der Waals surface area contributed by atoms with E-state index in [0.717, 1.165) is 0 Å². The number of amides is 1. The molecule has 0 aromatic carbocycles. The maximum absolute atomic E-state index is 11.7. The van der Waals surface area contributed by atoms with Crippen molar-refractivity contribution in [3.05, 3.63) is 21.9 Å². The molecular formula is C10H13Cl2N3O2. The van der Waals surface area contributed by atoms with E-state index in [4.69, 9.17) is 23.2 Å². The van der Waals surface area contributed by atoms with Gasteiger partial charge >= 0.3 is 0 Å². The highest BCUT2D eigenvalue weighted by Crippen LogP contribution is 2.15. The molecule has 0 fully saturated rings. The largest absolute Gasteiger partial charge is 0.391 e. The van der Waals surface area contributed by atoms with Gasteiger partial charge in [-0.15, -0.1) is 10.2 Å². The first-order chi connectivity index (χ1) is 7.91. The van der Waals surface area contributed by atoms with Gasteiger partial charge in [0.1, 0.15) is 0 Å². The molecule has 1 rings (SSSR count). The van der Waals surface area contributed by atoms with E-state index in [1.807, 2.05) is 13.8 Å². The summed E-state index contributed by atoms with van der Waals surface area (Å²) in [4.78, 5) is 11.7. The standard InChI is InChI=1S/C10H13Cl2N3O2/c1-5(2)7(16)4-13-10(17)6-3-8(11)14-15-9(6)12/h3,5,7,16H,4H2,1-2H3,(H,13,17). The van der Waals surface area contributed by atoms with E-state index in [1.165, 1.54) is 6.07 Å². The summed E-state index contributed by atoms with van der Waals surface area (Å²) < 4.78 is 0. The SMILES string of the molecule is CC(C)C(O)CNC(=O)c1cc(Cl)nnc1Cl. The molecule has 7 heteroatoms. The molecule has 1 atom stereocenters. The fraction of sp³-hybridized carbons (Fsp3) is 0.500. The van der Waals surface area contributed by atoms with Crippen molar-refractivity contribution in [3.63, 3.8) is 0 Å². The van der Waals surface area contributed by atoms with Crippen molar-refractivity contribution in [1.82, 2.24) is 15.5 Å². The molecule has 1 aromatic heterocycles. The minimum Gasteiger partial charge on any atom is -0.391 e. The molecule has 17 heavy (non-hydrogen) atoms. The van der Waals surface area contributed by atoms with Crippen LogP contribution in [0.4, 0.5) is 0 Å². The second kappa shape index (κ2) is 6.14. The summed E-state index contributed by atoms with van der Waals surface area (Å²) in [5.41, 5.74) is 0.141. The molecule has 1 heterocycles. The van der Waals surface area contributed by atoms with Crippen LogP contribution in [-0.2, 0) is 0 Å². The Morgan fingerprint density at radius 2 is 2.12 bits per heavy atom. The summed E-state index contributed by atoms with van der Waals surface area (Å²) in [6, 6.07) is 1.33. The summed E-state index contributed by atoms with van der Waals surface area (Å²) in [5, 5.41) is 19.2. The number of aromatic nitrogens is 2. The number of aliphatic hydroxyl groups is 1. The van der Waals surface area contributed by atoms with Crippen LogP contribution in [0.3, 0.4) is 0 Å². The Hall–Kier alpha value is -0.910. The van der Waals surface area contributed by atoms with Crippen molar-refractivity contribution >= 4 is 29.1 Å². The Kier molecular flexibility index (Phi) is 5.11. The van der Waals surface area contributed by atoms with Gasteiger partial charge in [0.15, 0.2) is 10.3 Å². The Labute approximate surface area is 109 Å². The number of hydrogen-bond acceptors (Lipinski definition) is 4. The normalized spacial score (nSPS) is 12.6. The summed E-state index contributed by atoms with van der Waals surface area (Å²) in [7, 11) is 0. The average molecular weight is 278 g/mol. The number of rotatable bonds is 4. The lowest BCUT2D eigenvalue weighted by Crippen LogP contribution is -2.34. The van der Waals surface area contributed by atoms with Crippen LogP contribution in [0.5, 0.6) is 0 Å². The number of halogens is 2. The van der Waals surface area contributed by atoms with Crippen molar-refractivity contribution in [2.45, 2.75) is 20.0 Å². The van der Waals surface area contributed by atoms with Crippen LogP contribution >= 0.6 is 23.2 Å². The van der Waals surface area contributed by atoms with Crippen LogP contribution < -0.4 is 5.32 Å². The van der Waals surface area contributed by atoms with Gasteiger partial charge in [0.05, 0.1) is 11.7 Å². The van der Waals surface area contributed by atoms with E-state index >= 15 is 0 Å². The number of carbonyl (C=O) groups is 1. The van der Waals surface area contributed by atoms with Gasteiger partial charge in [0, 0.05) is 6.54 Å². The van der Waals surface area contributed by atoms with Gasteiger partial charge in [-0.2, -0.15) is 0 Å². The van der Waals surface area contributed by atoms with Crippen molar-refractivity contribution in [3.8, 4) is 0 Å². The minimum atomic E-state index is -0.608. The second-order valence-corrected chi connectivity index (χ2v) is 4.64. The Balaban J connectivity index is 2.67. The molecule has 0 radical (unpaired) electrons. The van der Waals surface area contributed by atoms with Gasteiger partial charge < -0.3 is 10.4 Å². The lowest BCUT2D eigenvalue weighted by molar-refractivity contribution is 0.0871. The van der Waals surface area contributed by atoms with Crippen LogP contribution in [0.25, 0.3) is 0 Å². The monoisotopic (exact) mass is 277 g/mol. The maximum Gasteiger partial charge on any atom is 0.254 e. The molecule has 0 spiro atoms. The van der Waals surface area contributed by atoms with Crippen molar-refractivity contribution in [2.24, 2.45) is 5.92 Å². The predicted octanol–water partition coefficient (Wildman–Crippen LogP) is 1.53. The van der Waals surface area contributed by atoms with Crippen molar-refractivity contribution in [2.75, 3.05) is 6.54 Å². The highest BCUT2D eigenvalue weighted by atomic mass is 35.5. The lowest BCUT2D eigenvalue weighted by Gasteiger charge is -2.15. The van der Waals surface area contributed by atoms with Gasteiger partial charge in [0.25, 0.3) is 5.91 Å². The van der Waals surface area contributed by atoms with E-state index in [2.05, 4.69) is 15.5 Å². The average Bonchev–Trinajstić information content (AvgIpc) is 2.28. The molecule has 1 aromatic rings. The van der Waals surface area contributed by atoms with E-state index in [0.29, 0.717) is 0 Å². The Morgan fingerprint density at radius 1 is 1.47 bits per heavy atom. The molecule has 0 bridgehead atoms. The van der Waals surface area contributed by atoms with Gasteiger partial charge in [-0.1, -0.05) is 37.0 Å². The molecule has 5 nitrogen and oxygen atoms in total. The second-order valence-electron chi connectivity index (χ2n) is 3.89. The number of nitrogens with one attached hydrogen (secondary N) is 1. The summed E-state index contributed by atoms with van der Waals surface area (Å²) in [6.07, 6.45) is -0.608. The molecule has 2 N–H and O–H groups in total. The van der Waals surface area contributed by atoms with Crippen LogP contribution in [0.2, 0.25) is 10.3 Å². The van der Waals surface area contributed by atoms with Gasteiger partial charge in [-0.3, -0.25) is 4.79 Å². The highest BCUT2D eigenvalue weighted by Gasteiger charge is 2.15. The molecular weight excluding hydrogens is 265 g/mol. The molecule has 0 aliphatic carbocycles. The molecule has 0 aliphatic rings. The number of carbonyl (C=O) groups excluding carboxylic acids is 1. The minimum absolute atomic E-state index is 0.0223. The number of aliphatic hydroxyl groups excluding tert-OH is 1. The summed E-state index contributed by atoms with van der Waals surface area (Å²) in [5.74, 6) is -0.378. The molecule has 0 saturated carbocycles. The van der Waals surface area contributed by atoms with Crippen molar-refractivity contribution < 1.29 is 9.90 Å². The quantitative estimate of drug-likeness (QED) is 0.875. The van der Waals surface area contributed by atoms with Crippen LogP contribution in [0.15, 0.2) is 6.07 Å². The van der Waals surface area contributed by atoms with Crippen molar-refractivity contribution in [1.29, 1.82) is 0 Å². The zero-order valence-electron chi connectivity index (χ0n) is 9.44. The zero-order valence-corrected chi connectivity index (χ0v) is 11.0. The maximum atomic E-state index is 11.7. The highest BCUT2D eigenvalue weighted by molar-refractivity contribution is 6.34. The van der Waals surface area contributed by atoms with Gasteiger partial charge in [-0.25, -0.2) is 0 Å². The van der Waals surface area contributed by atoms with Gasteiger partial charge in [0.2, 0.25) is 0 Å². The third-order valence-corrected chi connectivity index (χ3v) is 2.67. The lowest BCUT2D eigenvalue weighted by atomic mass is 10.1. The molecule has 1 unspecified atom stereocenters. The summed E-state index contributed by atoms with van der Waals surface area (Å²) >= 11 is 11.3. The summed E-state index contributed by atoms with van der Waals surface area (Å²) in [6.45, 7) is 3.86. The first-order valence-electron chi connectivity index (χ1n) is 5.06. The zero-order chi connectivity index (χ0) is 13.0. The van der Waals surface area contributed by atoms with E-state index in [9.17, 15) is 9.90 Å². The molecule has 0 aliphatic heterocycles. The Bertz CT molecular complexity index is 413. The molecule has 0 saturated heterocycles.